The Kier molecular flexibility index (Phi) is 3.20. The van der Waals surface area contributed by atoms with Gasteiger partial charge in [0.05, 0.1) is 12.4 Å². The molecule has 1 aromatic heterocycles. The number of amidine groups is 1. The van der Waals surface area contributed by atoms with Gasteiger partial charge in [-0.25, -0.2) is 9.97 Å². The van der Waals surface area contributed by atoms with Gasteiger partial charge in [0.15, 0.2) is 0 Å². The highest BCUT2D eigenvalue weighted by Gasteiger charge is 2.16. The molecule has 0 aliphatic heterocycles. The third-order valence-corrected chi connectivity index (χ3v) is 3.75. The Morgan fingerprint density at radius 2 is 2.07 bits per heavy atom. The van der Waals surface area contributed by atoms with Gasteiger partial charge >= 0.3 is 0 Å². The van der Waals surface area contributed by atoms with E-state index >= 15 is 0 Å². The Labute approximate surface area is 93.2 Å². The summed E-state index contributed by atoms with van der Waals surface area (Å²) in [4.78, 5) is 8.33. The summed E-state index contributed by atoms with van der Waals surface area (Å²) in [5.74, 6) is -0.0279. The summed E-state index contributed by atoms with van der Waals surface area (Å²) in [6.45, 7) is 0. The molecule has 1 aromatic rings. The van der Waals surface area contributed by atoms with Crippen LogP contribution in [0.15, 0.2) is 17.4 Å². The molecule has 0 atom stereocenters. The van der Waals surface area contributed by atoms with Gasteiger partial charge in [0.25, 0.3) is 0 Å². The van der Waals surface area contributed by atoms with Gasteiger partial charge in [-0.2, -0.15) is 0 Å². The molecule has 1 saturated carbocycles. The quantitative estimate of drug-likeness (QED) is 0.604. The van der Waals surface area contributed by atoms with E-state index in [-0.39, 0.29) is 5.84 Å². The standard InChI is InChI=1S/C10H14N4S/c11-10(12)8-5-14-9(6-13-8)15-7-3-1-2-4-7/h5-7H,1-4H2,(H3,11,12). The van der Waals surface area contributed by atoms with Crippen molar-refractivity contribution in [2.24, 2.45) is 5.73 Å². The molecule has 1 heterocycles. The Bertz CT molecular complexity index is 343. The predicted octanol–water partition coefficient (Wildman–Crippen LogP) is 1.80. The monoisotopic (exact) mass is 222 g/mol. The molecule has 1 fully saturated rings. The van der Waals surface area contributed by atoms with Gasteiger partial charge in [0.2, 0.25) is 0 Å². The van der Waals surface area contributed by atoms with E-state index in [0.29, 0.717) is 10.9 Å². The number of nitrogens with one attached hydrogen (secondary N) is 1. The second-order valence-electron chi connectivity index (χ2n) is 3.68. The van der Waals surface area contributed by atoms with Crippen LogP contribution in [0.1, 0.15) is 31.4 Å². The van der Waals surface area contributed by atoms with Crippen LogP contribution in [-0.4, -0.2) is 21.1 Å². The normalized spacial score (nSPS) is 16.8. The molecule has 5 heteroatoms. The van der Waals surface area contributed by atoms with Crippen LogP contribution in [-0.2, 0) is 0 Å². The number of nitrogen functional groups attached to an aromatic ring is 1. The van der Waals surface area contributed by atoms with E-state index in [2.05, 4.69) is 9.97 Å². The number of nitrogens with two attached hydrogens (primary N) is 1. The number of rotatable bonds is 3. The average molecular weight is 222 g/mol. The summed E-state index contributed by atoms with van der Waals surface area (Å²) < 4.78 is 0. The van der Waals surface area contributed by atoms with Crippen molar-refractivity contribution in [2.75, 3.05) is 0 Å². The molecule has 0 saturated heterocycles. The van der Waals surface area contributed by atoms with Crippen molar-refractivity contribution in [2.45, 2.75) is 36.0 Å². The summed E-state index contributed by atoms with van der Waals surface area (Å²) in [7, 11) is 0. The third-order valence-electron chi connectivity index (χ3n) is 2.49. The molecule has 0 amide bonds. The first-order valence-corrected chi connectivity index (χ1v) is 5.97. The lowest BCUT2D eigenvalue weighted by atomic mass is 10.4. The van der Waals surface area contributed by atoms with Gasteiger partial charge < -0.3 is 5.73 Å². The van der Waals surface area contributed by atoms with Crippen molar-refractivity contribution in [3.8, 4) is 0 Å². The molecule has 0 radical (unpaired) electrons. The van der Waals surface area contributed by atoms with Gasteiger partial charge in [0, 0.05) is 5.25 Å². The lowest BCUT2D eigenvalue weighted by Crippen LogP contribution is -2.13. The fourth-order valence-corrected chi connectivity index (χ4v) is 2.83. The lowest BCUT2D eigenvalue weighted by Gasteiger charge is -2.07. The number of hydrogen-bond acceptors (Lipinski definition) is 4. The Morgan fingerprint density at radius 3 is 2.60 bits per heavy atom. The Balaban J connectivity index is 2.00. The number of hydrogen-bond donors (Lipinski definition) is 2. The second kappa shape index (κ2) is 4.61. The molecule has 0 spiro atoms. The molecule has 1 aliphatic carbocycles. The van der Waals surface area contributed by atoms with Gasteiger partial charge in [0.1, 0.15) is 16.6 Å². The van der Waals surface area contributed by atoms with Crippen molar-refractivity contribution < 1.29 is 0 Å². The second-order valence-corrected chi connectivity index (χ2v) is 5.00. The van der Waals surface area contributed by atoms with Crippen LogP contribution in [0.4, 0.5) is 0 Å². The van der Waals surface area contributed by atoms with Crippen LogP contribution in [0.25, 0.3) is 0 Å². The first-order valence-electron chi connectivity index (χ1n) is 5.09. The maximum absolute atomic E-state index is 7.20. The van der Waals surface area contributed by atoms with Crippen molar-refractivity contribution in [3.63, 3.8) is 0 Å². The minimum atomic E-state index is -0.0279. The Morgan fingerprint density at radius 1 is 1.33 bits per heavy atom. The fourth-order valence-electron chi connectivity index (χ4n) is 1.69. The first kappa shape index (κ1) is 10.4. The van der Waals surface area contributed by atoms with Crippen molar-refractivity contribution >= 4 is 17.6 Å². The van der Waals surface area contributed by atoms with Gasteiger partial charge in [-0.05, 0) is 12.8 Å². The highest BCUT2D eigenvalue weighted by Crippen LogP contribution is 2.33. The van der Waals surface area contributed by atoms with E-state index in [0.717, 1.165) is 5.03 Å². The zero-order valence-corrected chi connectivity index (χ0v) is 9.26. The molecular formula is C10H14N4S. The fraction of sp³-hybridized carbons (Fsp3) is 0.500. The van der Waals surface area contributed by atoms with Crippen LogP contribution < -0.4 is 5.73 Å². The van der Waals surface area contributed by atoms with E-state index in [4.69, 9.17) is 11.1 Å². The molecule has 0 unspecified atom stereocenters. The Hall–Kier alpha value is -1.10. The summed E-state index contributed by atoms with van der Waals surface area (Å²) in [5, 5.41) is 8.83. The molecule has 2 rings (SSSR count). The van der Waals surface area contributed by atoms with E-state index in [1.165, 1.54) is 25.7 Å². The molecule has 15 heavy (non-hydrogen) atoms. The van der Waals surface area contributed by atoms with Crippen molar-refractivity contribution in [1.29, 1.82) is 5.41 Å². The van der Waals surface area contributed by atoms with E-state index in [1.54, 1.807) is 24.2 Å². The average Bonchev–Trinajstić information content (AvgIpc) is 2.71. The highest BCUT2D eigenvalue weighted by molar-refractivity contribution is 7.99. The number of nitrogens with zero attached hydrogens (tertiary/aromatic N) is 2. The van der Waals surface area contributed by atoms with Gasteiger partial charge in [-0.1, -0.05) is 12.8 Å². The minimum absolute atomic E-state index is 0.0279. The number of thioether (sulfide) groups is 1. The van der Waals surface area contributed by atoms with Crippen molar-refractivity contribution in [1.82, 2.24) is 9.97 Å². The largest absolute Gasteiger partial charge is 0.382 e. The summed E-state index contributed by atoms with van der Waals surface area (Å²) in [5.41, 5.74) is 5.75. The van der Waals surface area contributed by atoms with Crippen LogP contribution in [0.5, 0.6) is 0 Å². The summed E-state index contributed by atoms with van der Waals surface area (Å²) in [6, 6.07) is 0. The molecule has 1 aliphatic rings. The summed E-state index contributed by atoms with van der Waals surface area (Å²) >= 11 is 1.79. The molecule has 0 aromatic carbocycles. The maximum Gasteiger partial charge on any atom is 0.143 e. The van der Waals surface area contributed by atoms with Crippen LogP contribution in [0.3, 0.4) is 0 Å². The highest BCUT2D eigenvalue weighted by atomic mass is 32.2. The molecule has 3 N–H and O–H groups in total. The van der Waals surface area contributed by atoms with Gasteiger partial charge in [-0.15, -0.1) is 11.8 Å². The smallest absolute Gasteiger partial charge is 0.143 e. The molecule has 4 nitrogen and oxygen atoms in total. The van der Waals surface area contributed by atoms with Crippen LogP contribution in [0, 0.1) is 5.41 Å². The topological polar surface area (TPSA) is 75.7 Å². The summed E-state index contributed by atoms with van der Waals surface area (Å²) in [6.07, 6.45) is 8.49. The van der Waals surface area contributed by atoms with Gasteiger partial charge in [-0.3, -0.25) is 5.41 Å². The maximum atomic E-state index is 7.20. The lowest BCUT2D eigenvalue weighted by molar-refractivity contribution is 0.886. The van der Waals surface area contributed by atoms with E-state index in [9.17, 15) is 0 Å². The minimum Gasteiger partial charge on any atom is -0.382 e. The predicted molar refractivity (Wildman–Crippen MR) is 61.2 cm³/mol. The number of aromatic nitrogens is 2. The van der Waals surface area contributed by atoms with E-state index in [1.807, 2.05) is 0 Å². The molecule has 80 valence electrons. The zero-order valence-electron chi connectivity index (χ0n) is 8.44. The van der Waals surface area contributed by atoms with Crippen LogP contribution >= 0.6 is 11.8 Å². The van der Waals surface area contributed by atoms with Crippen molar-refractivity contribution in [3.05, 3.63) is 18.1 Å². The molecular weight excluding hydrogens is 208 g/mol. The third kappa shape index (κ3) is 2.68. The van der Waals surface area contributed by atoms with E-state index < -0.39 is 0 Å². The SMILES string of the molecule is N=C(N)c1cnc(SC2CCCC2)cn1. The first-order chi connectivity index (χ1) is 7.25. The zero-order chi connectivity index (χ0) is 10.7. The van der Waals surface area contributed by atoms with Crippen LogP contribution in [0.2, 0.25) is 0 Å². The molecule has 0 bridgehead atoms.